The van der Waals surface area contributed by atoms with Crippen LogP contribution < -0.4 is 4.74 Å². The van der Waals surface area contributed by atoms with Gasteiger partial charge in [0, 0.05) is 6.54 Å². The van der Waals surface area contributed by atoms with E-state index in [9.17, 15) is 15.0 Å². The molecule has 1 amide bonds. The van der Waals surface area contributed by atoms with Crippen LogP contribution in [0.15, 0.2) is 24.3 Å². The number of amides is 1. The molecule has 0 bridgehead atoms. The Hall–Kier alpha value is -1.75. The Morgan fingerprint density at radius 2 is 2.26 bits per heavy atom. The average Bonchev–Trinajstić information content (AvgIpc) is 2.46. The molecule has 2 atom stereocenters. The molecule has 2 N–H and O–H groups in total. The molecule has 1 saturated heterocycles. The van der Waals surface area contributed by atoms with E-state index in [2.05, 4.69) is 0 Å². The minimum absolute atomic E-state index is 0.377. The van der Waals surface area contributed by atoms with E-state index >= 15 is 0 Å². The molecule has 1 fully saturated rings. The van der Waals surface area contributed by atoms with E-state index in [4.69, 9.17) is 4.74 Å². The molecule has 0 radical (unpaired) electrons. The highest BCUT2D eigenvalue weighted by molar-refractivity contribution is 5.65. The van der Waals surface area contributed by atoms with E-state index in [-0.39, 0.29) is 6.04 Å². The normalized spacial score (nSPS) is 20.9. The molecule has 1 aliphatic rings. The Morgan fingerprint density at radius 1 is 1.47 bits per heavy atom. The largest absolute Gasteiger partial charge is 0.497 e. The molecule has 1 aromatic carbocycles. The molecule has 1 aromatic rings. The fraction of sp³-hybridized carbons (Fsp3) is 0.500. The van der Waals surface area contributed by atoms with Gasteiger partial charge in [0.1, 0.15) is 5.75 Å². The minimum atomic E-state index is -0.966. The summed E-state index contributed by atoms with van der Waals surface area (Å²) in [5.41, 5.74) is 0.692. The third-order valence-corrected chi connectivity index (χ3v) is 3.59. The van der Waals surface area contributed by atoms with Crippen LogP contribution in [0.3, 0.4) is 0 Å². The van der Waals surface area contributed by atoms with Crippen LogP contribution in [0.1, 0.15) is 30.9 Å². The summed E-state index contributed by atoms with van der Waals surface area (Å²) in [5.74, 6) is 0.661. The summed E-state index contributed by atoms with van der Waals surface area (Å²) < 4.78 is 5.13. The average molecular weight is 265 g/mol. The molecule has 5 nitrogen and oxygen atoms in total. The summed E-state index contributed by atoms with van der Waals surface area (Å²) in [5, 5.41) is 19.6. The number of aliphatic hydroxyl groups excluding tert-OH is 1. The number of nitrogens with zero attached hydrogens (tertiary/aromatic N) is 1. The van der Waals surface area contributed by atoms with Gasteiger partial charge < -0.3 is 19.8 Å². The van der Waals surface area contributed by atoms with Crippen molar-refractivity contribution in [1.29, 1.82) is 0 Å². The van der Waals surface area contributed by atoms with Crippen molar-refractivity contribution in [3.63, 3.8) is 0 Å². The first-order valence-corrected chi connectivity index (χ1v) is 6.45. The summed E-state index contributed by atoms with van der Waals surface area (Å²) in [7, 11) is 1.57. The van der Waals surface area contributed by atoms with Crippen molar-refractivity contribution in [2.45, 2.75) is 31.4 Å². The van der Waals surface area contributed by atoms with E-state index in [0.717, 1.165) is 12.8 Å². The van der Waals surface area contributed by atoms with Crippen molar-refractivity contribution < 1.29 is 19.7 Å². The Labute approximate surface area is 112 Å². The van der Waals surface area contributed by atoms with Gasteiger partial charge in [0.15, 0.2) is 0 Å². The predicted molar refractivity (Wildman–Crippen MR) is 70.3 cm³/mol. The number of rotatable bonds is 3. The molecule has 1 aliphatic heterocycles. The first-order valence-electron chi connectivity index (χ1n) is 6.45. The lowest BCUT2D eigenvalue weighted by Gasteiger charge is -2.36. The smallest absolute Gasteiger partial charge is 0.407 e. The van der Waals surface area contributed by atoms with Gasteiger partial charge in [-0.2, -0.15) is 0 Å². The van der Waals surface area contributed by atoms with Gasteiger partial charge >= 0.3 is 6.09 Å². The lowest BCUT2D eigenvalue weighted by molar-refractivity contribution is 0.0285. The van der Waals surface area contributed by atoms with Crippen LogP contribution in [0.5, 0.6) is 5.75 Å². The molecule has 19 heavy (non-hydrogen) atoms. The number of hydrogen-bond acceptors (Lipinski definition) is 3. The Balaban J connectivity index is 2.20. The number of methoxy groups -OCH3 is 1. The monoisotopic (exact) mass is 265 g/mol. The Kier molecular flexibility index (Phi) is 4.27. The van der Waals surface area contributed by atoms with Crippen molar-refractivity contribution in [2.24, 2.45) is 0 Å². The van der Waals surface area contributed by atoms with Gasteiger partial charge in [-0.3, -0.25) is 0 Å². The second-order valence-electron chi connectivity index (χ2n) is 4.76. The molecular weight excluding hydrogens is 246 g/mol. The van der Waals surface area contributed by atoms with Crippen molar-refractivity contribution in [3.8, 4) is 5.75 Å². The van der Waals surface area contributed by atoms with E-state index in [1.54, 1.807) is 31.4 Å². The molecule has 0 unspecified atom stereocenters. The van der Waals surface area contributed by atoms with Crippen LogP contribution in [0.2, 0.25) is 0 Å². The summed E-state index contributed by atoms with van der Waals surface area (Å²) in [6.07, 6.45) is 0.700. The Bertz CT molecular complexity index is 449. The highest BCUT2D eigenvalue weighted by atomic mass is 16.5. The zero-order valence-corrected chi connectivity index (χ0v) is 11.0. The number of piperidine rings is 1. The molecule has 104 valence electrons. The maximum Gasteiger partial charge on any atom is 0.407 e. The zero-order chi connectivity index (χ0) is 13.8. The van der Waals surface area contributed by atoms with Crippen LogP contribution in [-0.2, 0) is 0 Å². The number of carbonyl (C=O) groups is 1. The topological polar surface area (TPSA) is 70.0 Å². The molecule has 0 saturated carbocycles. The standard InChI is InChI=1S/C14H19NO4/c1-19-11-6-4-5-10(9-11)13(16)12-7-2-3-8-15(12)14(17)18/h4-6,9,12-13,16H,2-3,7-8H2,1H3,(H,17,18)/t12-,13-/m0/s1. The zero-order valence-electron chi connectivity index (χ0n) is 11.0. The van der Waals surface area contributed by atoms with Crippen molar-refractivity contribution in [3.05, 3.63) is 29.8 Å². The van der Waals surface area contributed by atoms with Crippen molar-refractivity contribution >= 4 is 6.09 Å². The van der Waals surface area contributed by atoms with Crippen molar-refractivity contribution in [2.75, 3.05) is 13.7 Å². The van der Waals surface area contributed by atoms with Gasteiger partial charge in [-0.1, -0.05) is 12.1 Å². The van der Waals surface area contributed by atoms with Crippen LogP contribution in [0.25, 0.3) is 0 Å². The highest BCUT2D eigenvalue weighted by Gasteiger charge is 2.32. The van der Waals surface area contributed by atoms with Gasteiger partial charge in [-0.05, 0) is 37.0 Å². The molecule has 0 spiro atoms. The van der Waals surface area contributed by atoms with Gasteiger partial charge in [0.05, 0.1) is 19.3 Å². The molecule has 0 aromatic heterocycles. The SMILES string of the molecule is COc1cccc([C@H](O)[C@@H]2CCCCN2C(=O)O)c1. The van der Waals surface area contributed by atoms with Crippen molar-refractivity contribution in [1.82, 2.24) is 4.90 Å². The fourth-order valence-electron chi connectivity index (χ4n) is 2.57. The highest BCUT2D eigenvalue weighted by Crippen LogP contribution is 2.30. The van der Waals surface area contributed by atoms with Crippen LogP contribution >= 0.6 is 0 Å². The van der Waals surface area contributed by atoms with Gasteiger partial charge in [-0.25, -0.2) is 4.79 Å². The summed E-state index contributed by atoms with van der Waals surface area (Å²) in [4.78, 5) is 12.6. The number of ether oxygens (including phenoxy) is 1. The van der Waals surface area contributed by atoms with Gasteiger partial charge in [-0.15, -0.1) is 0 Å². The minimum Gasteiger partial charge on any atom is -0.497 e. The molecule has 1 heterocycles. The van der Waals surface area contributed by atoms with Crippen LogP contribution in [0, 0.1) is 0 Å². The number of carboxylic acid groups (broad SMARTS) is 1. The predicted octanol–water partition coefficient (Wildman–Crippen LogP) is 2.26. The lowest BCUT2D eigenvalue weighted by atomic mass is 9.93. The van der Waals surface area contributed by atoms with Gasteiger partial charge in [0.25, 0.3) is 0 Å². The molecule has 5 heteroatoms. The first-order chi connectivity index (χ1) is 9.13. The van der Waals surface area contributed by atoms with E-state index in [1.165, 1.54) is 4.90 Å². The van der Waals surface area contributed by atoms with Crippen LogP contribution in [-0.4, -0.2) is 40.9 Å². The number of likely N-dealkylation sites (tertiary alicyclic amines) is 1. The maximum absolute atomic E-state index is 11.2. The summed E-state index contributed by atoms with van der Waals surface area (Å²) >= 11 is 0. The molecule has 0 aliphatic carbocycles. The first kappa shape index (κ1) is 13.7. The summed E-state index contributed by atoms with van der Waals surface area (Å²) in [6.45, 7) is 0.487. The number of benzene rings is 1. The summed E-state index contributed by atoms with van der Waals surface area (Å²) in [6, 6.07) is 6.76. The van der Waals surface area contributed by atoms with Crippen LogP contribution in [0.4, 0.5) is 4.79 Å². The second kappa shape index (κ2) is 5.93. The fourth-order valence-corrected chi connectivity index (χ4v) is 2.57. The quantitative estimate of drug-likeness (QED) is 0.879. The number of hydrogen-bond donors (Lipinski definition) is 2. The molecular formula is C14H19NO4. The van der Waals surface area contributed by atoms with Gasteiger partial charge in [0.2, 0.25) is 0 Å². The molecule has 2 rings (SSSR count). The van der Waals surface area contributed by atoms with E-state index < -0.39 is 12.2 Å². The van der Waals surface area contributed by atoms with E-state index in [0.29, 0.717) is 24.3 Å². The number of aliphatic hydroxyl groups is 1. The third kappa shape index (κ3) is 2.98. The lowest BCUT2D eigenvalue weighted by Crippen LogP contribution is -2.46. The Morgan fingerprint density at radius 3 is 2.95 bits per heavy atom. The van der Waals surface area contributed by atoms with E-state index in [1.807, 2.05) is 0 Å². The third-order valence-electron chi connectivity index (χ3n) is 3.59. The second-order valence-corrected chi connectivity index (χ2v) is 4.76. The maximum atomic E-state index is 11.2.